The second-order valence-electron chi connectivity index (χ2n) is 2.25. The van der Waals surface area contributed by atoms with Gasteiger partial charge in [0.1, 0.15) is 5.52 Å². The fourth-order valence-corrected chi connectivity index (χ4v) is 1.34. The lowest BCUT2D eigenvalue weighted by Gasteiger charge is -2.01. The van der Waals surface area contributed by atoms with Crippen LogP contribution in [0.15, 0.2) is 17.0 Å². The average molecular weight is 241 g/mol. The summed E-state index contributed by atoms with van der Waals surface area (Å²) in [5, 5.41) is 7.62. The lowest BCUT2D eigenvalue weighted by Crippen LogP contribution is -1.96. The predicted molar refractivity (Wildman–Crippen MR) is 49.4 cm³/mol. The maximum atomic E-state index is 4.99. The highest BCUT2D eigenvalue weighted by Crippen LogP contribution is 2.22. The third-order valence-corrected chi connectivity index (χ3v) is 2.05. The van der Waals surface area contributed by atoms with E-state index in [9.17, 15) is 0 Å². The van der Waals surface area contributed by atoms with Crippen LogP contribution in [-0.2, 0) is 0 Å². The zero-order valence-electron chi connectivity index (χ0n) is 6.73. The van der Waals surface area contributed by atoms with Gasteiger partial charge in [0.05, 0.1) is 7.11 Å². The van der Waals surface area contributed by atoms with Crippen molar-refractivity contribution < 1.29 is 4.74 Å². The molecule has 6 heteroatoms. The van der Waals surface area contributed by atoms with Crippen LogP contribution in [0.5, 0.6) is 5.88 Å². The Balaban J connectivity index is 2.84. The summed E-state index contributed by atoms with van der Waals surface area (Å²) in [5.74, 6) is 0.381. The Kier molecular flexibility index (Phi) is 2.05. The van der Waals surface area contributed by atoms with Gasteiger partial charge < -0.3 is 4.74 Å². The van der Waals surface area contributed by atoms with E-state index >= 15 is 0 Å². The van der Waals surface area contributed by atoms with Crippen molar-refractivity contribution in [3.8, 4) is 5.88 Å². The quantitative estimate of drug-likeness (QED) is 0.750. The summed E-state index contributed by atoms with van der Waals surface area (Å²) < 4.78 is 5.55. The van der Waals surface area contributed by atoms with Gasteiger partial charge in [-0.2, -0.15) is 0 Å². The highest BCUT2D eigenvalue weighted by Gasteiger charge is 2.08. The topological polar surface area (TPSA) is 60.8 Å². The highest BCUT2D eigenvalue weighted by molar-refractivity contribution is 9.10. The molecule has 13 heavy (non-hydrogen) atoms. The molecule has 0 amide bonds. The lowest BCUT2D eigenvalue weighted by atomic mass is 10.4. The van der Waals surface area contributed by atoms with Gasteiger partial charge in [-0.05, 0) is 15.9 Å². The molecule has 0 saturated heterocycles. The van der Waals surface area contributed by atoms with Crippen LogP contribution in [0.2, 0.25) is 0 Å². The van der Waals surface area contributed by atoms with Gasteiger partial charge in [-0.3, -0.25) is 0 Å². The maximum Gasteiger partial charge on any atom is 0.261 e. The van der Waals surface area contributed by atoms with Gasteiger partial charge in [0.15, 0.2) is 10.1 Å². The largest absolute Gasteiger partial charge is 0.478 e. The molecule has 2 aromatic rings. The molecule has 0 aliphatic carbocycles. The van der Waals surface area contributed by atoms with Gasteiger partial charge in [0.2, 0.25) is 0 Å². The first-order chi connectivity index (χ1) is 6.33. The number of ether oxygens (including phenoxy) is 1. The summed E-state index contributed by atoms with van der Waals surface area (Å²) in [6.07, 6.45) is 3.17. The third kappa shape index (κ3) is 1.33. The van der Waals surface area contributed by atoms with Crippen LogP contribution in [0.3, 0.4) is 0 Å². The summed E-state index contributed by atoms with van der Waals surface area (Å²) in [6.45, 7) is 0. The molecule has 2 aromatic heterocycles. The molecule has 0 radical (unpaired) electrons. The van der Waals surface area contributed by atoms with Crippen LogP contribution in [-0.4, -0.2) is 27.3 Å². The van der Waals surface area contributed by atoms with Crippen LogP contribution in [0.4, 0.5) is 0 Å². The standard InChI is InChI=1S/C7H5BrN4O/c1-13-7-5-4(6(8)11-12-7)9-2-3-10-5/h2-3H,1H3. The van der Waals surface area contributed by atoms with E-state index in [1.54, 1.807) is 12.4 Å². The first-order valence-electron chi connectivity index (χ1n) is 3.50. The van der Waals surface area contributed by atoms with Crippen LogP contribution >= 0.6 is 15.9 Å². The Morgan fingerprint density at radius 3 is 2.54 bits per heavy atom. The van der Waals surface area contributed by atoms with E-state index in [4.69, 9.17) is 4.74 Å². The number of hydrogen-bond donors (Lipinski definition) is 0. The summed E-state index contributed by atoms with van der Waals surface area (Å²) in [7, 11) is 1.52. The summed E-state index contributed by atoms with van der Waals surface area (Å²) in [4.78, 5) is 8.19. The molecule has 5 nitrogen and oxygen atoms in total. The van der Waals surface area contributed by atoms with E-state index in [0.717, 1.165) is 0 Å². The zero-order chi connectivity index (χ0) is 9.26. The molecular formula is C7H5BrN4O. The van der Waals surface area contributed by atoms with Crippen LogP contribution in [0, 0.1) is 0 Å². The van der Waals surface area contributed by atoms with Gasteiger partial charge in [-0.25, -0.2) is 9.97 Å². The predicted octanol–water partition coefficient (Wildman–Crippen LogP) is 1.19. The number of halogens is 1. The third-order valence-electron chi connectivity index (χ3n) is 1.52. The van der Waals surface area contributed by atoms with Gasteiger partial charge in [0, 0.05) is 12.4 Å². The molecule has 0 bridgehead atoms. The van der Waals surface area contributed by atoms with Crippen LogP contribution < -0.4 is 4.74 Å². The van der Waals surface area contributed by atoms with E-state index in [2.05, 4.69) is 36.1 Å². The van der Waals surface area contributed by atoms with E-state index in [1.165, 1.54) is 7.11 Å². The molecule has 0 fully saturated rings. The Morgan fingerprint density at radius 1 is 1.15 bits per heavy atom. The molecular weight excluding hydrogens is 236 g/mol. The highest BCUT2D eigenvalue weighted by atomic mass is 79.9. The first-order valence-corrected chi connectivity index (χ1v) is 4.29. The number of nitrogens with zero attached hydrogens (tertiary/aromatic N) is 4. The molecule has 0 N–H and O–H groups in total. The van der Waals surface area contributed by atoms with Crippen molar-refractivity contribution in [3.63, 3.8) is 0 Å². The minimum absolute atomic E-state index is 0.381. The minimum Gasteiger partial charge on any atom is -0.478 e. The summed E-state index contributed by atoms with van der Waals surface area (Å²) in [5.41, 5.74) is 1.25. The molecule has 66 valence electrons. The van der Waals surface area contributed by atoms with Crippen molar-refractivity contribution in [2.45, 2.75) is 0 Å². The van der Waals surface area contributed by atoms with Crippen LogP contribution in [0.1, 0.15) is 0 Å². The van der Waals surface area contributed by atoms with Crippen molar-refractivity contribution in [3.05, 3.63) is 17.0 Å². The maximum absolute atomic E-state index is 4.99. The zero-order valence-corrected chi connectivity index (χ0v) is 8.32. The fraction of sp³-hybridized carbons (Fsp3) is 0.143. The van der Waals surface area contributed by atoms with Crippen molar-refractivity contribution in [1.29, 1.82) is 0 Å². The van der Waals surface area contributed by atoms with Crippen molar-refractivity contribution in [1.82, 2.24) is 20.2 Å². The summed E-state index contributed by atoms with van der Waals surface area (Å²) in [6, 6.07) is 0. The van der Waals surface area contributed by atoms with Gasteiger partial charge >= 0.3 is 0 Å². The van der Waals surface area contributed by atoms with E-state index in [-0.39, 0.29) is 0 Å². The molecule has 0 saturated carbocycles. The number of aromatic nitrogens is 4. The van der Waals surface area contributed by atoms with Gasteiger partial charge in [-0.1, -0.05) is 0 Å². The molecule has 0 aliphatic heterocycles. The molecule has 0 aliphatic rings. The number of methoxy groups -OCH3 is 1. The fourth-order valence-electron chi connectivity index (χ4n) is 0.967. The Bertz CT molecular complexity index is 447. The SMILES string of the molecule is COc1nnc(Br)c2nccnc12. The van der Waals surface area contributed by atoms with Crippen LogP contribution in [0.25, 0.3) is 11.0 Å². The molecule has 0 atom stereocenters. The average Bonchev–Trinajstić information content (AvgIpc) is 2.19. The Morgan fingerprint density at radius 2 is 1.85 bits per heavy atom. The van der Waals surface area contributed by atoms with E-state index < -0.39 is 0 Å². The number of rotatable bonds is 1. The van der Waals surface area contributed by atoms with E-state index in [1.807, 2.05) is 0 Å². The second-order valence-corrected chi connectivity index (χ2v) is 3.00. The minimum atomic E-state index is 0.381. The number of fused-ring (bicyclic) bond motifs is 1. The van der Waals surface area contributed by atoms with Crippen molar-refractivity contribution in [2.75, 3.05) is 7.11 Å². The normalized spacial score (nSPS) is 10.3. The monoisotopic (exact) mass is 240 g/mol. The van der Waals surface area contributed by atoms with Gasteiger partial charge in [0.25, 0.3) is 5.88 Å². The Labute approximate surface area is 82.3 Å². The summed E-state index contributed by atoms with van der Waals surface area (Å²) >= 11 is 3.23. The first kappa shape index (κ1) is 8.31. The molecule has 2 heterocycles. The number of hydrogen-bond acceptors (Lipinski definition) is 5. The lowest BCUT2D eigenvalue weighted by molar-refractivity contribution is 0.396. The van der Waals surface area contributed by atoms with Gasteiger partial charge in [-0.15, -0.1) is 10.2 Å². The van der Waals surface area contributed by atoms with Crippen molar-refractivity contribution in [2.24, 2.45) is 0 Å². The molecule has 0 unspecified atom stereocenters. The smallest absolute Gasteiger partial charge is 0.261 e. The second kappa shape index (κ2) is 3.21. The molecule has 0 aromatic carbocycles. The molecule has 2 rings (SSSR count). The van der Waals surface area contributed by atoms with E-state index in [0.29, 0.717) is 21.5 Å². The van der Waals surface area contributed by atoms with Crippen molar-refractivity contribution >= 4 is 27.0 Å². The molecule has 0 spiro atoms. The Hall–Kier alpha value is -1.30.